The molecule has 0 unspecified atom stereocenters. The Morgan fingerprint density at radius 2 is 1.72 bits per heavy atom. The van der Waals surface area contributed by atoms with Crippen molar-refractivity contribution >= 4 is 11.6 Å². The van der Waals surface area contributed by atoms with Crippen molar-refractivity contribution in [3.63, 3.8) is 0 Å². The highest BCUT2D eigenvalue weighted by atomic mass is 16.5. The fourth-order valence-corrected chi connectivity index (χ4v) is 2.68. The predicted molar refractivity (Wildman–Crippen MR) is 101 cm³/mol. The largest absolute Gasteiger partial charge is 0.476 e. The first kappa shape index (κ1) is 18.9. The number of hydrogen-bond donors (Lipinski definition) is 0. The summed E-state index contributed by atoms with van der Waals surface area (Å²) in [5.41, 5.74) is 1.36. The van der Waals surface area contributed by atoms with E-state index in [1.54, 1.807) is 23.2 Å². The highest BCUT2D eigenvalue weighted by Crippen LogP contribution is 2.21. The van der Waals surface area contributed by atoms with Gasteiger partial charge >= 0.3 is 0 Å². The number of para-hydroxylation sites is 1. The molecule has 0 fully saturated rings. The molecule has 0 radical (unpaired) electrons. The van der Waals surface area contributed by atoms with Crippen molar-refractivity contribution in [3.8, 4) is 5.88 Å². The second-order valence-electron chi connectivity index (χ2n) is 5.62. The van der Waals surface area contributed by atoms with Crippen molar-refractivity contribution in [1.29, 1.82) is 0 Å². The lowest BCUT2D eigenvalue weighted by atomic mass is 10.2. The fourth-order valence-electron chi connectivity index (χ4n) is 2.68. The molecule has 0 aliphatic heterocycles. The van der Waals surface area contributed by atoms with Crippen LogP contribution in [-0.4, -0.2) is 48.6 Å². The summed E-state index contributed by atoms with van der Waals surface area (Å²) >= 11 is 0. The van der Waals surface area contributed by atoms with Crippen molar-refractivity contribution in [1.82, 2.24) is 9.88 Å². The molecule has 1 aromatic carbocycles. The molecule has 134 valence electrons. The van der Waals surface area contributed by atoms with Crippen LogP contribution in [0.15, 0.2) is 48.7 Å². The van der Waals surface area contributed by atoms with E-state index in [9.17, 15) is 4.79 Å². The van der Waals surface area contributed by atoms with Gasteiger partial charge in [0.05, 0.1) is 0 Å². The molecule has 25 heavy (non-hydrogen) atoms. The molecule has 0 aliphatic carbocycles. The Kier molecular flexibility index (Phi) is 7.41. The van der Waals surface area contributed by atoms with Gasteiger partial charge in [-0.1, -0.05) is 32.0 Å². The van der Waals surface area contributed by atoms with Crippen LogP contribution in [0.1, 0.15) is 31.1 Å². The van der Waals surface area contributed by atoms with Crippen LogP contribution in [0.25, 0.3) is 0 Å². The molecule has 2 aromatic rings. The van der Waals surface area contributed by atoms with E-state index in [1.165, 1.54) is 0 Å². The molecule has 2 rings (SSSR count). The topological polar surface area (TPSA) is 45.7 Å². The van der Waals surface area contributed by atoms with Crippen LogP contribution in [0.5, 0.6) is 5.88 Å². The molecule has 5 heteroatoms. The Morgan fingerprint density at radius 3 is 2.36 bits per heavy atom. The number of ether oxygens (including phenoxy) is 1. The average molecular weight is 341 g/mol. The van der Waals surface area contributed by atoms with Crippen LogP contribution in [0.3, 0.4) is 0 Å². The summed E-state index contributed by atoms with van der Waals surface area (Å²) in [5, 5.41) is 0. The van der Waals surface area contributed by atoms with E-state index in [4.69, 9.17) is 4.74 Å². The standard InChI is InChI=1S/C20H27N3O2/c1-4-22(5-2)15-16-25-19-18(13-10-14-21-19)20(24)23(6-3)17-11-8-7-9-12-17/h7-14H,4-6,15-16H2,1-3H3. The molecule has 0 aliphatic rings. The lowest BCUT2D eigenvalue weighted by Crippen LogP contribution is -2.32. The molecule has 1 aromatic heterocycles. The number of rotatable bonds is 9. The zero-order valence-corrected chi connectivity index (χ0v) is 15.3. The second kappa shape index (κ2) is 9.79. The van der Waals surface area contributed by atoms with Crippen molar-refractivity contribution in [2.45, 2.75) is 20.8 Å². The van der Waals surface area contributed by atoms with E-state index in [-0.39, 0.29) is 5.91 Å². The van der Waals surface area contributed by atoms with Gasteiger partial charge in [0.2, 0.25) is 5.88 Å². The summed E-state index contributed by atoms with van der Waals surface area (Å²) in [5.74, 6) is 0.300. The van der Waals surface area contributed by atoms with E-state index >= 15 is 0 Å². The molecule has 0 bridgehead atoms. The molecule has 1 amide bonds. The van der Waals surface area contributed by atoms with Crippen molar-refractivity contribution in [3.05, 3.63) is 54.2 Å². The lowest BCUT2D eigenvalue weighted by molar-refractivity contribution is 0.0982. The SMILES string of the molecule is CCN(CC)CCOc1ncccc1C(=O)N(CC)c1ccccc1. The number of carbonyl (C=O) groups excluding carboxylic acids is 1. The smallest absolute Gasteiger partial charge is 0.263 e. The van der Waals surface area contributed by atoms with E-state index in [2.05, 4.69) is 23.7 Å². The van der Waals surface area contributed by atoms with E-state index in [0.717, 1.165) is 25.3 Å². The minimum Gasteiger partial charge on any atom is -0.476 e. The monoisotopic (exact) mass is 341 g/mol. The number of pyridine rings is 1. The van der Waals surface area contributed by atoms with Crippen LogP contribution >= 0.6 is 0 Å². The van der Waals surface area contributed by atoms with Gasteiger partial charge in [0.1, 0.15) is 12.2 Å². The maximum absolute atomic E-state index is 13.0. The first-order valence-corrected chi connectivity index (χ1v) is 8.88. The number of likely N-dealkylation sites (N-methyl/N-ethyl adjacent to an activating group) is 1. The number of amides is 1. The summed E-state index contributed by atoms with van der Waals surface area (Å²) < 4.78 is 5.82. The van der Waals surface area contributed by atoms with Gasteiger partial charge in [0.25, 0.3) is 5.91 Å². The van der Waals surface area contributed by atoms with Crippen molar-refractivity contribution < 1.29 is 9.53 Å². The molecular weight excluding hydrogens is 314 g/mol. The fraction of sp³-hybridized carbons (Fsp3) is 0.400. The number of benzene rings is 1. The number of hydrogen-bond acceptors (Lipinski definition) is 4. The highest BCUT2D eigenvalue weighted by molar-refractivity contribution is 6.07. The number of aromatic nitrogens is 1. The van der Waals surface area contributed by atoms with Crippen LogP contribution in [0, 0.1) is 0 Å². The highest BCUT2D eigenvalue weighted by Gasteiger charge is 2.20. The Bertz CT molecular complexity index is 657. The Labute approximate surface area is 150 Å². The Balaban J connectivity index is 2.14. The van der Waals surface area contributed by atoms with Crippen LogP contribution in [0.4, 0.5) is 5.69 Å². The minimum atomic E-state index is -0.0976. The molecule has 0 saturated carbocycles. The van der Waals surface area contributed by atoms with Gasteiger partial charge in [0.15, 0.2) is 0 Å². The normalized spacial score (nSPS) is 10.7. The summed E-state index contributed by atoms with van der Waals surface area (Å²) in [6.07, 6.45) is 1.66. The molecule has 0 N–H and O–H groups in total. The first-order valence-electron chi connectivity index (χ1n) is 8.88. The average Bonchev–Trinajstić information content (AvgIpc) is 2.67. The van der Waals surface area contributed by atoms with Gasteiger partial charge in [-0.25, -0.2) is 4.98 Å². The maximum Gasteiger partial charge on any atom is 0.263 e. The molecular formula is C20H27N3O2. The number of carbonyl (C=O) groups is 1. The third-order valence-electron chi connectivity index (χ3n) is 4.17. The van der Waals surface area contributed by atoms with Crippen LogP contribution in [0.2, 0.25) is 0 Å². The van der Waals surface area contributed by atoms with E-state index in [0.29, 0.717) is 24.6 Å². The van der Waals surface area contributed by atoms with Gasteiger partial charge in [0, 0.05) is 25.0 Å². The minimum absolute atomic E-state index is 0.0976. The molecule has 0 atom stereocenters. The molecule has 5 nitrogen and oxygen atoms in total. The second-order valence-corrected chi connectivity index (χ2v) is 5.62. The molecule has 0 spiro atoms. The van der Waals surface area contributed by atoms with E-state index < -0.39 is 0 Å². The van der Waals surface area contributed by atoms with E-state index in [1.807, 2.05) is 37.3 Å². The van der Waals surface area contributed by atoms with Crippen molar-refractivity contribution in [2.24, 2.45) is 0 Å². The van der Waals surface area contributed by atoms with Gasteiger partial charge in [-0.2, -0.15) is 0 Å². The first-order chi connectivity index (χ1) is 12.2. The summed E-state index contributed by atoms with van der Waals surface area (Å²) in [4.78, 5) is 21.3. The quantitative estimate of drug-likeness (QED) is 0.701. The summed E-state index contributed by atoms with van der Waals surface area (Å²) in [6, 6.07) is 13.2. The Hall–Kier alpha value is -2.40. The summed E-state index contributed by atoms with van der Waals surface area (Å²) in [6.45, 7) is 10.1. The van der Waals surface area contributed by atoms with Crippen molar-refractivity contribution in [2.75, 3.05) is 37.7 Å². The van der Waals surface area contributed by atoms with Gasteiger partial charge in [-0.15, -0.1) is 0 Å². The van der Waals surface area contributed by atoms with Gasteiger partial charge < -0.3 is 14.5 Å². The third kappa shape index (κ3) is 5.03. The molecule has 0 saturated heterocycles. The van der Waals surface area contributed by atoms with Gasteiger partial charge in [-0.05, 0) is 44.3 Å². The van der Waals surface area contributed by atoms with Crippen LogP contribution in [-0.2, 0) is 0 Å². The lowest BCUT2D eigenvalue weighted by Gasteiger charge is -2.22. The third-order valence-corrected chi connectivity index (χ3v) is 4.17. The Morgan fingerprint density at radius 1 is 1.00 bits per heavy atom. The van der Waals surface area contributed by atoms with Gasteiger partial charge in [-0.3, -0.25) is 4.79 Å². The number of anilines is 1. The summed E-state index contributed by atoms with van der Waals surface area (Å²) in [7, 11) is 0. The predicted octanol–water partition coefficient (Wildman–Crippen LogP) is 3.47. The molecule has 1 heterocycles. The zero-order valence-electron chi connectivity index (χ0n) is 15.3. The zero-order chi connectivity index (χ0) is 18.1. The van der Waals surface area contributed by atoms with Crippen LogP contribution < -0.4 is 9.64 Å². The maximum atomic E-state index is 13.0. The number of nitrogens with zero attached hydrogens (tertiary/aromatic N) is 3.